The van der Waals surface area contributed by atoms with Gasteiger partial charge in [0.25, 0.3) is 0 Å². The van der Waals surface area contributed by atoms with E-state index in [4.69, 9.17) is 4.74 Å². The summed E-state index contributed by atoms with van der Waals surface area (Å²) >= 11 is 0. The lowest BCUT2D eigenvalue weighted by atomic mass is 9.97. The predicted octanol–water partition coefficient (Wildman–Crippen LogP) is 2.90. The van der Waals surface area contributed by atoms with Crippen molar-refractivity contribution in [2.45, 2.75) is 12.8 Å². The molecule has 1 atom stereocenters. The van der Waals surface area contributed by atoms with Crippen LogP contribution in [0.15, 0.2) is 42.5 Å². The lowest BCUT2D eigenvalue weighted by Gasteiger charge is -2.31. The molecule has 3 heteroatoms. The molecule has 1 heterocycles. The van der Waals surface area contributed by atoms with Gasteiger partial charge >= 0.3 is 0 Å². The number of likely N-dealkylation sites (N-methyl/N-ethyl adjacent to an activating group) is 1. The SMILES string of the molecule is CN(C)CC=CC1CCCN(CCOc2ccccc2)C1. The van der Waals surface area contributed by atoms with Gasteiger partial charge in [0.2, 0.25) is 0 Å². The zero-order valence-electron chi connectivity index (χ0n) is 13.4. The van der Waals surface area contributed by atoms with Crippen molar-refractivity contribution in [2.75, 3.05) is 46.9 Å². The van der Waals surface area contributed by atoms with E-state index in [1.165, 1.54) is 25.9 Å². The maximum absolute atomic E-state index is 5.79. The summed E-state index contributed by atoms with van der Waals surface area (Å²) in [7, 11) is 4.22. The summed E-state index contributed by atoms with van der Waals surface area (Å²) in [5, 5.41) is 0. The number of likely N-dealkylation sites (tertiary alicyclic amines) is 1. The Hall–Kier alpha value is -1.32. The van der Waals surface area contributed by atoms with E-state index in [1.807, 2.05) is 30.3 Å². The fourth-order valence-electron chi connectivity index (χ4n) is 2.72. The third-order valence-corrected chi connectivity index (χ3v) is 3.84. The minimum atomic E-state index is 0.704. The monoisotopic (exact) mass is 288 g/mol. The van der Waals surface area contributed by atoms with Crippen LogP contribution in [-0.2, 0) is 0 Å². The topological polar surface area (TPSA) is 15.7 Å². The Kier molecular flexibility index (Phi) is 6.77. The van der Waals surface area contributed by atoms with Gasteiger partial charge in [-0.25, -0.2) is 0 Å². The van der Waals surface area contributed by atoms with Crippen LogP contribution in [0.4, 0.5) is 0 Å². The quantitative estimate of drug-likeness (QED) is 0.718. The normalized spacial score (nSPS) is 20.2. The summed E-state index contributed by atoms with van der Waals surface area (Å²) in [6, 6.07) is 10.1. The van der Waals surface area contributed by atoms with Crippen LogP contribution in [0, 0.1) is 5.92 Å². The van der Waals surface area contributed by atoms with Crippen molar-refractivity contribution in [2.24, 2.45) is 5.92 Å². The molecule has 0 saturated carbocycles. The lowest BCUT2D eigenvalue weighted by molar-refractivity contribution is 0.162. The van der Waals surface area contributed by atoms with Gasteiger partial charge in [-0.2, -0.15) is 0 Å². The predicted molar refractivity (Wildman–Crippen MR) is 88.8 cm³/mol. The van der Waals surface area contributed by atoms with Gasteiger partial charge in [0.1, 0.15) is 12.4 Å². The largest absolute Gasteiger partial charge is 0.492 e. The third-order valence-electron chi connectivity index (χ3n) is 3.84. The van der Waals surface area contributed by atoms with Crippen molar-refractivity contribution < 1.29 is 4.74 Å². The first-order valence-electron chi connectivity index (χ1n) is 7.95. The van der Waals surface area contributed by atoms with Gasteiger partial charge in [-0.1, -0.05) is 30.4 Å². The molecule has 0 aliphatic carbocycles. The molecular formula is C18H28N2O. The number of nitrogens with zero attached hydrogens (tertiary/aromatic N) is 2. The zero-order valence-corrected chi connectivity index (χ0v) is 13.4. The van der Waals surface area contributed by atoms with Crippen molar-refractivity contribution in [3.05, 3.63) is 42.5 Å². The van der Waals surface area contributed by atoms with Crippen LogP contribution in [0.2, 0.25) is 0 Å². The zero-order chi connectivity index (χ0) is 14.9. The van der Waals surface area contributed by atoms with Gasteiger partial charge in [0.05, 0.1) is 0 Å². The van der Waals surface area contributed by atoms with E-state index in [0.717, 1.165) is 25.4 Å². The summed E-state index contributed by atoms with van der Waals surface area (Å²) in [5.74, 6) is 1.67. The van der Waals surface area contributed by atoms with Gasteiger partial charge in [-0.3, -0.25) is 4.90 Å². The van der Waals surface area contributed by atoms with E-state index < -0.39 is 0 Å². The molecule has 1 aromatic rings. The van der Waals surface area contributed by atoms with Crippen molar-refractivity contribution in [3.63, 3.8) is 0 Å². The molecule has 0 bridgehead atoms. The standard InChI is InChI=1S/C18H28N2O/c1-19(2)12-6-8-17-9-7-13-20(16-17)14-15-21-18-10-4-3-5-11-18/h3-6,8,10-11,17H,7,9,12-16H2,1-2H3. The number of para-hydroxylation sites is 1. The molecule has 0 amide bonds. The van der Waals surface area contributed by atoms with Crippen LogP contribution in [0.25, 0.3) is 0 Å². The summed E-state index contributed by atoms with van der Waals surface area (Å²) in [6.07, 6.45) is 7.31. The second kappa shape index (κ2) is 8.85. The fraction of sp³-hybridized carbons (Fsp3) is 0.556. The van der Waals surface area contributed by atoms with Crippen LogP contribution >= 0.6 is 0 Å². The molecule has 1 unspecified atom stereocenters. The number of hydrogen-bond acceptors (Lipinski definition) is 3. The summed E-state index contributed by atoms with van der Waals surface area (Å²) in [5.41, 5.74) is 0. The van der Waals surface area contributed by atoms with E-state index in [1.54, 1.807) is 0 Å². The van der Waals surface area contributed by atoms with Gasteiger partial charge in [0.15, 0.2) is 0 Å². The van der Waals surface area contributed by atoms with Crippen LogP contribution in [0.5, 0.6) is 5.75 Å². The first kappa shape index (κ1) is 16.1. The molecule has 0 spiro atoms. The van der Waals surface area contributed by atoms with Crippen LogP contribution in [-0.4, -0.2) is 56.7 Å². The summed E-state index contributed by atoms with van der Waals surface area (Å²) in [4.78, 5) is 4.72. The molecule has 1 aliphatic heterocycles. The first-order chi connectivity index (χ1) is 10.2. The highest BCUT2D eigenvalue weighted by atomic mass is 16.5. The Bertz CT molecular complexity index is 416. The number of rotatable bonds is 7. The minimum Gasteiger partial charge on any atom is -0.492 e. The molecule has 0 N–H and O–H groups in total. The smallest absolute Gasteiger partial charge is 0.119 e. The van der Waals surface area contributed by atoms with Gasteiger partial charge in [-0.05, 0) is 51.5 Å². The van der Waals surface area contributed by atoms with Crippen molar-refractivity contribution in [1.82, 2.24) is 9.80 Å². The molecule has 1 saturated heterocycles. The van der Waals surface area contributed by atoms with E-state index in [2.05, 4.69) is 36.0 Å². The second-order valence-corrected chi connectivity index (χ2v) is 6.05. The van der Waals surface area contributed by atoms with Gasteiger partial charge in [0, 0.05) is 19.6 Å². The maximum Gasteiger partial charge on any atom is 0.119 e. The van der Waals surface area contributed by atoms with Crippen molar-refractivity contribution in [1.29, 1.82) is 0 Å². The van der Waals surface area contributed by atoms with Crippen molar-refractivity contribution >= 4 is 0 Å². The van der Waals surface area contributed by atoms with Crippen molar-refractivity contribution in [3.8, 4) is 5.75 Å². The molecule has 116 valence electrons. The molecule has 21 heavy (non-hydrogen) atoms. The maximum atomic E-state index is 5.79. The van der Waals surface area contributed by atoms with Gasteiger partial charge < -0.3 is 9.64 Å². The summed E-state index contributed by atoms with van der Waals surface area (Å²) < 4.78 is 5.79. The Balaban J connectivity index is 1.68. The average molecular weight is 288 g/mol. The fourth-order valence-corrected chi connectivity index (χ4v) is 2.72. The molecule has 1 aromatic carbocycles. The molecule has 1 aliphatic rings. The lowest BCUT2D eigenvalue weighted by Crippen LogP contribution is -2.37. The summed E-state index contributed by atoms with van der Waals surface area (Å²) in [6.45, 7) is 5.21. The van der Waals surface area contributed by atoms with Crippen LogP contribution in [0.3, 0.4) is 0 Å². The highest BCUT2D eigenvalue weighted by Crippen LogP contribution is 2.17. The molecule has 3 nitrogen and oxygen atoms in total. The van der Waals surface area contributed by atoms with Crippen LogP contribution in [0.1, 0.15) is 12.8 Å². The van der Waals surface area contributed by atoms with E-state index >= 15 is 0 Å². The van der Waals surface area contributed by atoms with Gasteiger partial charge in [-0.15, -0.1) is 0 Å². The Labute approximate surface area is 129 Å². The number of benzene rings is 1. The number of piperidine rings is 1. The number of ether oxygens (including phenoxy) is 1. The minimum absolute atomic E-state index is 0.704. The number of hydrogen-bond donors (Lipinski definition) is 0. The van der Waals surface area contributed by atoms with E-state index in [9.17, 15) is 0 Å². The molecule has 0 radical (unpaired) electrons. The third kappa shape index (κ3) is 6.32. The second-order valence-electron chi connectivity index (χ2n) is 6.05. The molecule has 2 rings (SSSR count). The Morgan fingerprint density at radius 3 is 2.86 bits per heavy atom. The Morgan fingerprint density at radius 1 is 1.29 bits per heavy atom. The molecule has 1 fully saturated rings. The highest BCUT2D eigenvalue weighted by Gasteiger charge is 2.17. The van der Waals surface area contributed by atoms with Crippen LogP contribution < -0.4 is 4.74 Å². The molecule has 0 aromatic heterocycles. The van der Waals surface area contributed by atoms with E-state index in [-0.39, 0.29) is 0 Å². The molecular weight excluding hydrogens is 260 g/mol. The highest BCUT2D eigenvalue weighted by molar-refractivity contribution is 5.20. The van der Waals surface area contributed by atoms with E-state index in [0.29, 0.717) is 5.92 Å². The first-order valence-corrected chi connectivity index (χ1v) is 7.95. The Morgan fingerprint density at radius 2 is 2.10 bits per heavy atom. The average Bonchev–Trinajstić information content (AvgIpc) is 2.48.